The smallest absolute Gasteiger partial charge is 0.255 e. The molecule has 4 heteroatoms. The zero-order valence-corrected chi connectivity index (χ0v) is 11.4. The highest BCUT2D eigenvalue weighted by atomic mass is 35.5. The topological polar surface area (TPSA) is 20.3 Å². The SMILES string of the molecule is CC[C@]1(C)CCN(C(=O)c2ccc(F)cc2Cl)C1. The molecule has 1 aromatic rings. The molecule has 0 N–H and O–H groups in total. The zero-order chi connectivity index (χ0) is 13.3. The Labute approximate surface area is 112 Å². The summed E-state index contributed by atoms with van der Waals surface area (Å²) in [6.45, 7) is 5.82. The van der Waals surface area contributed by atoms with Crippen molar-refractivity contribution in [2.24, 2.45) is 5.41 Å². The van der Waals surface area contributed by atoms with Gasteiger partial charge in [-0.05, 0) is 36.5 Å². The highest BCUT2D eigenvalue weighted by molar-refractivity contribution is 6.33. The van der Waals surface area contributed by atoms with E-state index in [9.17, 15) is 9.18 Å². The second-order valence-corrected chi connectivity index (χ2v) is 5.67. The van der Waals surface area contributed by atoms with Crippen molar-refractivity contribution in [2.75, 3.05) is 13.1 Å². The maximum absolute atomic E-state index is 13.0. The van der Waals surface area contributed by atoms with Gasteiger partial charge in [-0.1, -0.05) is 25.4 Å². The van der Waals surface area contributed by atoms with E-state index < -0.39 is 5.82 Å². The lowest BCUT2D eigenvalue weighted by atomic mass is 9.87. The summed E-state index contributed by atoms with van der Waals surface area (Å²) in [5, 5.41) is 0.185. The quantitative estimate of drug-likeness (QED) is 0.801. The third-order valence-corrected chi connectivity index (χ3v) is 4.17. The lowest BCUT2D eigenvalue weighted by Crippen LogP contribution is -2.31. The van der Waals surface area contributed by atoms with Crippen LogP contribution in [0.3, 0.4) is 0 Å². The van der Waals surface area contributed by atoms with E-state index in [1.807, 2.05) is 4.90 Å². The number of carbonyl (C=O) groups excluding carboxylic acids is 1. The summed E-state index contributed by atoms with van der Waals surface area (Å²) < 4.78 is 13.0. The molecule has 1 aliphatic heterocycles. The Kier molecular flexibility index (Phi) is 3.62. The van der Waals surface area contributed by atoms with Crippen LogP contribution in [0.4, 0.5) is 4.39 Å². The van der Waals surface area contributed by atoms with Gasteiger partial charge in [0.15, 0.2) is 0 Å². The van der Waals surface area contributed by atoms with Crippen LogP contribution in [-0.4, -0.2) is 23.9 Å². The number of likely N-dealkylation sites (tertiary alicyclic amines) is 1. The van der Waals surface area contributed by atoms with Gasteiger partial charge in [-0.25, -0.2) is 4.39 Å². The van der Waals surface area contributed by atoms with Gasteiger partial charge in [0, 0.05) is 13.1 Å². The van der Waals surface area contributed by atoms with Crippen LogP contribution in [-0.2, 0) is 0 Å². The molecule has 2 nitrogen and oxygen atoms in total. The predicted octanol–water partition coefficient (Wildman–Crippen LogP) is 3.74. The molecule has 98 valence electrons. The van der Waals surface area contributed by atoms with Crippen LogP contribution in [0.15, 0.2) is 18.2 Å². The van der Waals surface area contributed by atoms with Crippen molar-refractivity contribution in [1.82, 2.24) is 4.90 Å². The standard InChI is InChI=1S/C14H17ClFNO/c1-3-14(2)6-7-17(9-14)13(18)11-5-4-10(16)8-12(11)15/h4-5,8H,3,6-7,9H2,1-2H3/t14-/m1/s1. The summed E-state index contributed by atoms with van der Waals surface area (Å²) in [5.41, 5.74) is 0.584. The Hall–Kier alpha value is -1.09. The summed E-state index contributed by atoms with van der Waals surface area (Å²) in [4.78, 5) is 14.1. The van der Waals surface area contributed by atoms with Crippen molar-refractivity contribution >= 4 is 17.5 Å². The number of carbonyl (C=O) groups is 1. The Balaban J connectivity index is 2.18. The molecule has 1 atom stereocenters. The predicted molar refractivity (Wildman–Crippen MR) is 70.3 cm³/mol. The van der Waals surface area contributed by atoms with E-state index in [0.29, 0.717) is 5.56 Å². The number of benzene rings is 1. The molecule has 2 rings (SSSR count). The van der Waals surface area contributed by atoms with Crippen molar-refractivity contribution in [1.29, 1.82) is 0 Å². The Morgan fingerprint density at radius 1 is 1.56 bits per heavy atom. The number of halogens is 2. The minimum atomic E-state index is -0.420. The van der Waals surface area contributed by atoms with E-state index in [1.165, 1.54) is 18.2 Å². The van der Waals surface area contributed by atoms with Crippen molar-refractivity contribution in [3.8, 4) is 0 Å². The molecule has 0 bridgehead atoms. The largest absolute Gasteiger partial charge is 0.338 e. The lowest BCUT2D eigenvalue weighted by Gasteiger charge is -2.23. The molecule has 0 saturated carbocycles. The highest BCUT2D eigenvalue weighted by Crippen LogP contribution is 2.34. The van der Waals surface area contributed by atoms with E-state index in [-0.39, 0.29) is 16.3 Å². The van der Waals surface area contributed by atoms with Gasteiger partial charge in [-0.3, -0.25) is 4.79 Å². The molecule has 1 amide bonds. The van der Waals surface area contributed by atoms with Gasteiger partial charge < -0.3 is 4.90 Å². The average Bonchev–Trinajstić information content (AvgIpc) is 2.72. The molecule has 0 spiro atoms. The second-order valence-electron chi connectivity index (χ2n) is 5.27. The van der Waals surface area contributed by atoms with Gasteiger partial charge in [0.25, 0.3) is 5.91 Å². The summed E-state index contributed by atoms with van der Waals surface area (Å²) >= 11 is 5.92. The minimum Gasteiger partial charge on any atom is -0.338 e. The van der Waals surface area contributed by atoms with Gasteiger partial charge in [-0.2, -0.15) is 0 Å². The Morgan fingerprint density at radius 3 is 2.83 bits per heavy atom. The molecule has 0 aromatic heterocycles. The highest BCUT2D eigenvalue weighted by Gasteiger charge is 2.35. The molecule has 18 heavy (non-hydrogen) atoms. The van der Waals surface area contributed by atoms with E-state index >= 15 is 0 Å². The summed E-state index contributed by atoms with van der Waals surface area (Å²) in [6.07, 6.45) is 2.06. The van der Waals surface area contributed by atoms with Crippen LogP contribution in [0, 0.1) is 11.2 Å². The molecule has 1 aliphatic rings. The number of rotatable bonds is 2. The monoisotopic (exact) mass is 269 g/mol. The van der Waals surface area contributed by atoms with Crippen LogP contribution < -0.4 is 0 Å². The van der Waals surface area contributed by atoms with Gasteiger partial charge in [0.05, 0.1) is 10.6 Å². The van der Waals surface area contributed by atoms with E-state index in [0.717, 1.165) is 25.9 Å². The van der Waals surface area contributed by atoms with Crippen LogP contribution in [0.25, 0.3) is 0 Å². The number of hydrogen-bond acceptors (Lipinski definition) is 1. The van der Waals surface area contributed by atoms with Crippen LogP contribution in [0.5, 0.6) is 0 Å². The maximum Gasteiger partial charge on any atom is 0.255 e. The van der Waals surface area contributed by atoms with Gasteiger partial charge in [0.2, 0.25) is 0 Å². The summed E-state index contributed by atoms with van der Waals surface area (Å²) in [7, 11) is 0. The van der Waals surface area contributed by atoms with Crippen molar-refractivity contribution in [2.45, 2.75) is 26.7 Å². The fraction of sp³-hybridized carbons (Fsp3) is 0.500. The fourth-order valence-corrected chi connectivity index (χ4v) is 2.57. The number of amides is 1. The van der Waals surface area contributed by atoms with Crippen LogP contribution >= 0.6 is 11.6 Å². The first-order valence-corrected chi connectivity index (χ1v) is 6.57. The first-order valence-electron chi connectivity index (χ1n) is 6.19. The zero-order valence-electron chi connectivity index (χ0n) is 10.7. The Morgan fingerprint density at radius 2 is 2.28 bits per heavy atom. The number of nitrogens with zero attached hydrogens (tertiary/aromatic N) is 1. The molecular formula is C14H17ClFNO. The van der Waals surface area contributed by atoms with E-state index in [4.69, 9.17) is 11.6 Å². The van der Waals surface area contributed by atoms with Gasteiger partial charge in [-0.15, -0.1) is 0 Å². The molecular weight excluding hydrogens is 253 g/mol. The van der Waals surface area contributed by atoms with Gasteiger partial charge >= 0.3 is 0 Å². The molecule has 0 radical (unpaired) electrons. The normalized spacial score (nSPS) is 23.4. The molecule has 0 aliphatic carbocycles. The third-order valence-electron chi connectivity index (χ3n) is 3.86. The van der Waals surface area contributed by atoms with E-state index in [2.05, 4.69) is 13.8 Å². The Bertz CT molecular complexity index is 477. The fourth-order valence-electron chi connectivity index (χ4n) is 2.32. The van der Waals surface area contributed by atoms with Crippen molar-refractivity contribution in [3.63, 3.8) is 0 Å². The average molecular weight is 270 g/mol. The van der Waals surface area contributed by atoms with Gasteiger partial charge in [0.1, 0.15) is 5.82 Å². The summed E-state index contributed by atoms with van der Waals surface area (Å²) in [5.74, 6) is -0.520. The van der Waals surface area contributed by atoms with E-state index in [1.54, 1.807) is 0 Å². The maximum atomic E-state index is 13.0. The molecule has 1 heterocycles. The number of hydrogen-bond donors (Lipinski definition) is 0. The first kappa shape index (κ1) is 13.3. The molecule has 1 saturated heterocycles. The minimum absolute atomic E-state index is 0.0998. The summed E-state index contributed by atoms with van der Waals surface area (Å²) in [6, 6.07) is 3.92. The van der Waals surface area contributed by atoms with Crippen molar-refractivity contribution < 1.29 is 9.18 Å². The van der Waals surface area contributed by atoms with Crippen LogP contribution in [0.2, 0.25) is 5.02 Å². The second kappa shape index (κ2) is 4.88. The molecule has 0 unspecified atom stereocenters. The third kappa shape index (κ3) is 2.51. The molecule has 1 fully saturated rings. The first-order chi connectivity index (χ1) is 8.45. The van der Waals surface area contributed by atoms with Crippen molar-refractivity contribution in [3.05, 3.63) is 34.6 Å². The molecule has 1 aromatic carbocycles. The lowest BCUT2D eigenvalue weighted by molar-refractivity contribution is 0.0775. The van der Waals surface area contributed by atoms with Crippen LogP contribution in [0.1, 0.15) is 37.0 Å².